The van der Waals surface area contributed by atoms with Crippen LogP contribution in [0.25, 0.3) is 0 Å². The molecule has 0 saturated heterocycles. The summed E-state index contributed by atoms with van der Waals surface area (Å²) in [4.78, 5) is 23.8. The van der Waals surface area contributed by atoms with Crippen molar-refractivity contribution >= 4 is 23.2 Å². The Morgan fingerprint density at radius 3 is 2.64 bits per heavy atom. The van der Waals surface area contributed by atoms with E-state index in [-0.39, 0.29) is 17.2 Å². The third-order valence-electron chi connectivity index (χ3n) is 3.51. The molecule has 0 radical (unpaired) electrons. The molecule has 0 spiro atoms. The summed E-state index contributed by atoms with van der Waals surface area (Å²) >= 11 is 0. The number of carbonyl (C=O) groups excluding carboxylic acids is 2. The standard InChI is InChI=1S/C17H14F2N2O4/c1-9-15(22)21-13-8-11(4-7-14(13)24-9)20-16(23)10-2-5-12(6-3-10)25-17(18)19/h2-9,17H,1H3,(H,20,23)(H,21,22)/t9-/m0/s1. The summed E-state index contributed by atoms with van der Waals surface area (Å²) < 4.78 is 33.9. The fourth-order valence-electron chi connectivity index (χ4n) is 2.28. The van der Waals surface area contributed by atoms with Crippen LogP contribution in [0.4, 0.5) is 20.2 Å². The molecular formula is C17H14F2N2O4. The lowest BCUT2D eigenvalue weighted by Gasteiger charge is -2.23. The molecule has 1 atom stereocenters. The van der Waals surface area contributed by atoms with E-state index in [2.05, 4.69) is 15.4 Å². The molecule has 0 aromatic heterocycles. The average Bonchev–Trinajstić information content (AvgIpc) is 2.56. The summed E-state index contributed by atoms with van der Waals surface area (Å²) in [6.45, 7) is -1.29. The van der Waals surface area contributed by atoms with Crippen molar-refractivity contribution in [1.82, 2.24) is 0 Å². The Hall–Kier alpha value is -3.16. The van der Waals surface area contributed by atoms with Crippen LogP contribution in [-0.2, 0) is 4.79 Å². The minimum atomic E-state index is -2.92. The van der Waals surface area contributed by atoms with E-state index in [1.54, 1.807) is 25.1 Å². The summed E-state index contributed by atoms with van der Waals surface area (Å²) in [5.74, 6) is -0.224. The van der Waals surface area contributed by atoms with Gasteiger partial charge in [-0.1, -0.05) is 0 Å². The maximum absolute atomic E-state index is 12.2. The van der Waals surface area contributed by atoms with Crippen LogP contribution in [0.2, 0.25) is 0 Å². The molecular weight excluding hydrogens is 334 g/mol. The first-order valence-electron chi connectivity index (χ1n) is 7.40. The molecule has 2 aromatic carbocycles. The zero-order valence-corrected chi connectivity index (χ0v) is 13.1. The lowest BCUT2D eigenvalue weighted by molar-refractivity contribution is -0.122. The second-order valence-electron chi connectivity index (χ2n) is 5.32. The molecule has 1 heterocycles. The van der Waals surface area contributed by atoms with Gasteiger partial charge >= 0.3 is 6.61 Å². The van der Waals surface area contributed by atoms with Gasteiger partial charge in [0.15, 0.2) is 6.10 Å². The van der Waals surface area contributed by atoms with Crippen molar-refractivity contribution in [3.05, 3.63) is 48.0 Å². The first-order valence-corrected chi connectivity index (χ1v) is 7.40. The summed E-state index contributed by atoms with van der Waals surface area (Å²) in [7, 11) is 0. The summed E-state index contributed by atoms with van der Waals surface area (Å²) in [6.07, 6.45) is -0.582. The molecule has 1 aliphatic rings. The maximum Gasteiger partial charge on any atom is 0.387 e. The van der Waals surface area contributed by atoms with Crippen molar-refractivity contribution in [2.45, 2.75) is 19.6 Å². The predicted molar refractivity (Wildman–Crippen MR) is 86.2 cm³/mol. The van der Waals surface area contributed by atoms with E-state index >= 15 is 0 Å². The normalized spacial score (nSPS) is 15.8. The van der Waals surface area contributed by atoms with Crippen molar-refractivity contribution < 1.29 is 27.8 Å². The zero-order chi connectivity index (χ0) is 18.0. The Bertz CT molecular complexity index is 809. The number of halogens is 2. The fraction of sp³-hybridized carbons (Fsp3) is 0.176. The number of benzene rings is 2. The van der Waals surface area contributed by atoms with Crippen LogP contribution in [0.3, 0.4) is 0 Å². The quantitative estimate of drug-likeness (QED) is 0.889. The molecule has 0 saturated carbocycles. The number of nitrogens with one attached hydrogen (secondary N) is 2. The number of ether oxygens (including phenoxy) is 2. The van der Waals surface area contributed by atoms with Gasteiger partial charge < -0.3 is 20.1 Å². The van der Waals surface area contributed by atoms with Gasteiger partial charge in [0, 0.05) is 11.3 Å². The van der Waals surface area contributed by atoms with Crippen LogP contribution < -0.4 is 20.1 Å². The van der Waals surface area contributed by atoms with E-state index in [1.807, 2.05) is 0 Å². The number of anilines is 2. The SMILES string of the molecule is C[C@@H]1Oc2ccc(NC(=O)c3ccc(OC(F)F)cc3)cc2NC1=O. The fourth-order valence-corrected chi connectivity index (χ4v) is 2.28. The van der Waals surface area contributed by atoms with Crippen molar-refractivity contribution in [3.63, 3.8) is 0 Å². The molecule has 3 rings (SSSR count). The van der Waals surface area contributed by atoms with Crippen LogP contribution in [0.5, 0.6) is 11.5 Å². The molecule has 0 bridgehead atoms. The van der Waals surface area contributed by atoms with Crippen LogP contribution in [-0.4, -0.2) is 24.5 Å². The summed E-state index contributed by atoms with van der Waals surface area (Å²) in [5, 5.41) is 5.35. The largest absolute Gasteiger partial charge is 0.479 e. The summed E-state index contributed by atoms with van der Waals surface area (Å²) in [6, 6.07) is 10.2. The Balaban J connectivity index is 1.71. The second kappa shape index (κ2) is 6.76. The zero-order valence-electron chi connectivity index (χ0n) is 13.1. The third-order valence-corrected chi connectivity index (χ3v) is 3.51. The Morgan fingerprint density at radius 2 is 1.96 bits per heavy atom. The van der Waals surface area contributed by atoms with Gasteiger partial charge in [0.25, 0.3) is 11.8 Å². The highest BCUT2D eigenvalue weighted by atomic mass is 19.3. The van der Waals surface area contributed by atoms with Crippen LogP contribution in [0, 0.1) is 0 Å². The molecule has 0 fully saturated rings. The minimum Gasteiger partial charge on any atom is -0.479 e. The van der Waals surface area contributed by atoms with Gasteiger partial charge in [-0.3, -0.25) is 9.59 Å². The average molecular weight is 348 g/mol. The molecule has 2 N–H and O–H groups in total. The molecule has 1 aliphatic heterocycles. The first-order chi connectivity index (χ1) is 11.9. The highest BCUT2D eigenvalue weighted by molar-refractivity contribution is 6.05. The second-order valence-corrected chi connectivity index (χ2v) is 5.32. The highest BCUT2D eigenvalue weighted by Crippen LogP contribution is 2.32. The third kappa shape index (κ3) is 3.85. The van der Waals surface area contributed by atoms with E-state index in [0.717, 1.165) is 0 Å². The van der Waals surface area contributed by atoms with Gasteiger partial charge in [0.2, 0.25) is 0 Å². The van der Waals surface area contributed by atoms with E-state index in [4.69, 9.17) is 4.74 Å². The number of alkyl halides is 2. The number of hydrogen-bond acceptors (Lipinski definition) is 4. The molecule has 0 unspecified atom stereocenters. The van der Waals surface area contributed by atoms with Gasteiger partial charge in [0.05, 0.1) is 5.69 Å². The Morgan fingerprint density at radius 1 is 1.24 bits per heavy atom. The van der Waals surface area contributed by atoms with Crippen molar-refractivity contribution in [2.24, 2.45) is 0 Å². The topological polar surface area (TPSA) is 76.7 Å². The molecule has 2 aromatic rings. The monoisotopic (exact) mass is 348 g/mol. The Kier molecular flexibility index (Phi) is 4.51. The van der Waals surface area contributed by atoms with Crippen LogP contribution in [0.1, 0.15) is 17.3 Å². The predicted octanol–water partition coefficient (Wildman–Crippen LogP) is 3.26. The van der Waals surface area contributed by atoms with Crippen molar-refractivity contribution in [2.75, 3.05) is 10.6 Å². The van der Waals surface area contributed by atoms with Gasteiger partial charge in [-0.05, 0) is 49.4 Å². The Labute approximate surface area is 141 Å². The molecule has 25 heavy (non-hydrogen) atoms. The molecule has 2 amide bonds. The minimum absolute atomic E-state index is 0.0330. The summed E-state index contributed by atoms with van der Waals surface area (Å²) in [5.41, 5.74) is 1.19. The van der Waals surface area contributed by atoms with E-state index in [1.165, 1.54) is 24.3 Å². The van der Waals surface area contributed by atoms with E-state index in [0.29, 0.717) is 17.1 Å². The lowest BCUT2D eigenvalue weighted by Crippen LogP contribution is -2.34. The number of amides is 2. The van der Waals surface area contributed by atoms with Crippen molar-refractivity contribution in [1.29, 1.82) is 0 Å². The van der Waals surface area contributed by atoms with Crippen LogP contribution >= 0.6 is 0 Å². The van der Waals surface area contributed by atoms with Gasteiger partial charge in [0.1, 0.15) is 11.5 Å². The number of fused-ring (bicyclic) bond motifs is 1. The van der Waals surface area contributed by atoms with Gasteiger partial charge in [-0.25, -0.2) is 0 Å². The van der Waals surface area contributed by atoms with E-state index in [9.17, 15) is 18.4 Å². The van der Waals surface area contributed by atoms with Crippen molar-refractivity contribution in [3.8, 4) is 11.5 Å². The smallest absolute Gasteiger partial charge is 0.387 e. The van der Waals surface area contributed by atoms with Crippen LogP contribution in [0.15, 0.2) is 42.5 Å². The molecule has 130 valence electrons. The van der Waals surface area contributed by atoms with Gasteiger partial charge in [-0.2, -0.15) is 8.78 Å². The first kappa shape index (κ1) is 16.7. The molecule has 6 nitrogen and oxygen atoms in total. The molecule has 0 aliphatic carbocycles. The van der Waals surface area contributed by atoms with Gasteiger partial charge in [-0.15, -0.1) is 0 Å². The number of rotatable bonds is 4. The number of carbonyl (C=O) groups is 2. The lowest BCUT2D eigenvalue weighted by atomic mass is 10.1. The highest BCUT2D eigenvalue weighted by Gasteiger charge is 2.23. The maximum atomic E-state index is 12.2. The number of hydrogen-bond donors (Lipinski definition) is 2. The molecule has 8 heteroatoms. The van der Waals surface area contributed by atoms with E-state index < -0.39 is 18.6 Å².